The third-order valence-electron chi connectivity index (χ3n) is 3.58. The van der Waals surface area contributed by atoms with Crippen LogP contribution in [0.2, 0.25) is 0 Å². The van der Waals surface area contributed by atoms with Gasteiger partial charge < -0.3 is 4.74 Å². The van der Waals surface area contributed by atoms with Gasteiger partial charge in [0.25, 0.3) is 0 Å². The molecule has 1 unspecified atom stereocenters. The minimum atomic E-state index is 0.353. The standard InChI is InChI=1S/C18H30OS/c1-3-4-5-6-7-8-12-15-18(19-2)20-16-17-13-10-9-11-14-17/h9-11,13-14,18H,3-8,12,15-16H2,1-2H3. The maximum atomic E-state index is 5.58. The van der Waals surface area contributed by atoms with Gasteiger partial charge in [0.2, 0.25) is 0 Å². The highest BCUT2D eigenvalue weighted by molar-refractivity contribution is 7.99. The Morgan fingerprint density at radius 3 is 2.25 bits per heavy atom. The molecule has 1 aromatic carbocycles. The smallest absolute Gasteiger partial charge is 0.103 e. The summed E-state index contributed by atoms with van der Waals surface area (Å²) in [4.78, 5) is 0. The summed E-state index contributed by atoms with van der Waals surface area (Å²) in [6.07, 6.45) is 10.8. The van der Waals surface area contributed by atoms with Gasteiger partial charge in [0.05, 0.1) is 0 Å². The maximum absolute atomic E-state index is 5.58. The number of hydrogen-bond donors (Lipinski definition) is 0. The summed E-state index contributed by atoms with van der Waals surface area (Å²) in [5.41, 5.74) is 1.74. The lowest BCUT2D eigenvalue weighted by atomic mass is 10.1. The monoisotopic (exact) mass is 294 g/mol. The molecule has 0 aliphatic carbocycles. The van der Waals surface area contributed by atoms with Crippen LogP contribution in [0.1, 0.15) is 63.9 Å². The summed E-state index contributed by atoms with van der Waals surface area (Å²) in [5, 5.41) is 0. The molecule has 0 heterocycles. The number of unbranched alkanes of at least 4 members (excludes halogenated alkanes) is 6. The van der Waals surface area contributed by atoms with Crippen molar-refractivity contribution >= 4 is 11.8 Å². The van der Waals surface area contributed by atoms with Gasteiger partial charge in [-0.05, 0) is 18.4 Å². The quantitative estimate of drug-likeness (QED) is 0.343. The first-order valence-electron chi connectivity index (χ1n) is 8.05. The zero-order valence-corrected chi connectivity index (χ0v) is 14.0. The van der Waals surface area contributed by atoms with Crippen molar-refractivity contribution in [2.24, 2.45) is 0 Å². The average molecular weight is 295 g/mol. The second-order valence-electron chi connectivity index (χ2n) is 5.37. The van der Waals surface area contributed by atoms with Crippen molar-refractivity contribution in [2.75, 3.05) is 7.11 Å². The van der Waals surface area contributed by atoms with Crippen LogP contribution in [-0.2, 0) is 10.5 Å². The number of thioether (sulfide) groups is 1. The highest BCUT2D eigenvalue weighted by Crippen LogP contribution is 2.23. The summed E-state index contributed by atoms with van der Waals surface area (Å²) in [6, 6.07) is 10.7. The van der Waals surface area contributed by atoms with E-state index in [9.17, 15) is 0 Å². The predicted octanol–water partition coefficient (Wildman–Crippen LogP) is 6.03. The highest BCUT2D eigenvalue weighted by Gasteiger charge is 2.07. The van der Waals surface area contributed by atoms with Gasteiger partial charge in [0.15, 0.2) is 0 Å². The lowest BCUT2D eigenvalue weighted by molar-refractivity contribution is 0.163. The Hall–Kier alpha value is -0.470. The number of methoxy groups -OCH3 is 1. The molecule has 0 radical (unpaired) electrons. The van der Waals surface area contributed by atoms with Gasteiger partial charge >= 0.3 is 0 Å². The third kappa shape index (κ3) is 8.65. The Morgan fingerprint density at radius 2 is 1.60 bits per heavy atom. The van der Waals surface area contributed by atoms with Crippen LogP contribution in [0.4, 0.5) is 0 Å². The lowest BCUT2D eigenvalue weighted by Crippen LogP contribution is -2.05. The second-order valence-corrected chi connectivity index (χ2v) is 6.52. The fraction of sp³-hybridized carbons (Fsp3) is 0.667. The summed E-state index contributed by atoms with van der Waals surface area (Å²) in [5.74, 6) is 1.05. The van der Waals surface area contributed by atoms with E-state index in [-0.39, 0.29) is 0 Å². The first-order chi connectivity index (χ1) is 9.86. The first-order valence-corrected chi connectivity index (χ1v) is 9.10. The molecule has 1 aromatic rings. The van der Waals surface area contributed by atoms with Crippen molar-refractivity contribution in [1.82, 2.24) is 0 Å². The van der Waals surface area contributed by atoms with Crippen LogP contribution in [0.3, 0.4) is 0 Å². The van der Waals surface area contributed by atoms with Crippen LogP contribution in [0.25, 0.3) is 0 Å². The second kappa shape index (κ2) is 12.3. The number of benzene rings is 1. The zero-order valence-electron chi connectivity index (χ0n) is 13.1. The minimum absolute atomic E-state index is 0.353. The molecule has 2 heteroatoms. The number of rotatable bonds is 12. The van der Waals surface area contributed by atoms with Crippen LogP contribution < -0.4 is 0 Å². The normalized spacial score (nSPS) is 12.5. The van der Waals surface area contributed by atoms with Gasteiger partial charge in [-0.2, -0.15) is 0 Å². The van der Waals surface area contributed by atoms with E-state index in [0.717, 1.165) is 5.75 Å². The minimum Gasteiger partial charge on any atom is -0.371 e. The molecule has 1 rings (SSSR count). The lowest BCUT2D eigenvalue weighted by Gasteiger charge is -2.14. The predicted molar refractivity (Wildman–Crippen MR) is 91.1 cm³/mol. The molecule has 0 bridgehead atoms. The summed E-state index contributed by atoms with van der Waals surface area (Å²) < 4.78 is 5.58. The molecule has 0 saturated heterocycles. The maximum Gasteiger partial charge on any atom is 0.103 e. The highest BCUT2D eigenvalue weighted by atomic mass is 32.2. The van der Waals surface area contributed by atoms with E-state index in [4.69, 9.17) is 4.74 Å². The van der Waals surface area contributed by atoms with Crippen LogP contribution in [0.15, 0.2) is 30.3 Å². The summed E-state index contributed by atoms with van der Waals surface area (Å²) >= 11 is 1.92. The van der Waals surface area contributed by atoms with E-state index >= 15 is 0 Å². The van der Waals surface area contributed by atoms with Crippen molar-refractivity contribution in [3.63, 3.8) is 0 Å². The van der Waals surface area contributed by atoms with Crippen LogP contribution >= 0.6 is 11.8 Å². The summed E-state index contributed by atoms with van der Waals surface area (Å²) in [7, 11) is 1.84. The Kier molecular flexibility index (Phi) is 10.8. The number of ether oxygens (including phenoxy) is 1. The SMILES string of the molecule is CCCCCCCCCC(OC)SCc1ccccc1. The van der Waals surface area contributed by atoms with Gasteiger partial charge in [-0.15, -0.1) is 11.8 Å². The molecule has 20 heavy (non-hydrogen) atoms. The van der Waals surface area contributed by atoms with E-state index in [1.165, 1.54) is 56.9 Å². The van der Waals surface area contributed by atoms with E-state index in [1.54, 1.807) is 0 Å². The molecule has 0 amide bonds. The topological polar surface area (TPSA) is 9.23 Å². The molecule has 0 spiro atoms. The molecular formula is C18H30OS. The van der Waals surface area contributed by atoms with Gasteiger partial charge in [-0.3, -0.25) is 0 Å². The van der Waals surface area contributed by atoms with Gasteiger partial charge in [0.1, 0.15) is 5.44 Å². The Labute approximate surface area is 129 Å². The molecule has 0 saturated carbocycles. The van der Waals surface area contributed by atoms with Crippen LogP contribution in [0.5, 0.6) is 0 Å². The molecule has 1 atom stereocenters. The van der Waals surface area contributed by atoms with Crippen molar-refractivity contribution < 1.29 is 4.74 Å². The molecule has 1 nitrogen and oxygen atoms in total. The molecule has 0 aliphatic rings. The van der Waals surface area contributed by atoms with Crippen molar-refractivity contribution in [3.8, 4) is 0 Å². The third-order valence-corrected chi connectivity index (χ3v) is 4.88. The molecule has 0 aliphatic heterocycles. The van der Waals surface area contributed by atoms with E-state index < -0.39 is 0 Å². The number of hydrogen-bond acceptors (Lipinski definition) is 2. The Morgan fingerprint density at radius 1 is 0.950 bits per heavy atom. The molecule has 114 valence electrons. The van der Waals surface area contributed by atoms with Crippen molar-refractivity contribution in [1.29, 1.82) is 0 Å². The fourth-order valence-corrected chi connectivity index (χ4v) is 3.34. The molecule has 0 N–H and O–H groups in total. The van der Waals surface area contributed by atoms with Gasteiger partial charge in [-0.25, -0.2) is 0 Å². The summed E-state index contributed by atoms with van der Waals surface area (Å²) in [6.45, 7) is 2.27. The van der Waals surface area contributed by atoms with E-state index in [0.29, 0.717) is 5.44 Å². The molecule has 0 aromatic heterocycles. The average Bonchev–Trinajstić information content (AvgIpc) is 2.50. The first kappa shape index (κ1) is 17.6. The van der Waals surface area contributed by atoms with Crippen LogP contribution in [0, 0.1) is 0 Å². The van der Waals surface area contributed by atoms with Gasteiger partial charge in [0, 0.05) is 12.9 Å². The largest absolute Gasteiger partial charge is 0.371 e. The zero-order chi connectivity index (χ0) is 14.5. The fourth-order valence-electron chi connectivity index (χ4n) is 2.30. The molecule has 0 fully saturated rings. The van der Waals surface area contributed by atoms with E-state index in [2.05, 4.69) is 37.3 Å². The van der Waals surface area contributed by atoms with E-state index in [1.807, 2.05) is 18.9 Å². The van der Waals surface area contributed by atoms with Crippen LogP contribution in [-0.4, -0.2) is 12.5 Å². The Balaban J connectivity index is 2.04. The van der Waals surface area contributed by atoms with Gasteiger partial charge in [-0.1, -0.05) is 75.8 Å². The molecular weight excluding hydrogens is 264 g/mol. The van der Waals surface area contributed by atoms with Crippen molar-refractivity contribution in [3.05, 3.63) is 35.9 Å². The van der Waals surface area contributed by atoms with Crippen molar-refractivity contribution in [2.45, 2.75) is 69.5 Å². The Bertz CT molecular complexity index is 312.